The summed E-state index contributed by atoms with van der Waals surface area (Å²) in [5.74, 6) is 0.986. The van der Waals surface area contributed by atoms with Crippen molar-refractivity contribution >= 4 is 24.9 Å². The Bertz CT molecular complexity index is 1520. The van der Waals surface area contributed by atoms with E-state index in [1.807, 2.05) is 72.8 Å². The quantitative estimate of drug-likeness (QED) is 0.164. The van der Waals surface area contributed by atoms with Crippen molar-refractivity contribution < 1.29 is 23.7 Å². The van der Waals surface area contributed by atoms with Crippen LogP contribution in [0.2, 0.25) is 0 Å². The molecule has 0 heterocycles. The molecule has 0 aromatic heterocycles. The Morgan fingerprint density at radius 3 is 1.32 bits per heavy atom. The molecule has 40 heavy (non-hydrogen) atoms. The lowest BCUT2D eigenvalue weighted by Gasteiger charge is -2.35. The highest BCUT2D eigenvalue weighted by molar-refractivity contribution is 7.89. The number of benzene rings is 5. The summed E-state index contributed by atoms with van der Waals surface area (Å²) in [6, 6.07) is 43.0. The molecule has 5 rings (SSSR count). The highest BCUT2D eigenvalue weighted by Gasteiger charge is 2.51. The van der Waals surface area contributed by atoms with Gasteiger partial charge in [0.2, 0.25) is 0 Å². The SMILES string of the molecule is O=P(COc1ccccc1)(COc1ccccc1)C(c1ccccc1O)P(=O)(c1ccccc1)c1ccccc1. The van der Waals surface area contributed by atoms with E-state index in [-0.39, 0.29) is 18.4 Å². The van der Waals surface area contributed by atoms with Gasteiger partial charge in [0.15, 0.2) is 14.3 Å². The molecule has 0 bridgehead atoms. The van der Waals surface area contributed by atoms with Crippen molar-refractivity contribution in [3.05, 3.63) is 151 Å². The summed E-state index contributed by atoms with van der Waals surface area (Å²) in [6.07, 6.45) is -0.487. The Balaban J connectivity index is 1.73. The molecule has 7 heteroatoms. The molecule has 0 aliphatic heterocycles. The van der Waals surface area contributed by atoms with Crippen LogP contribution in [0, 0.1) is 0 Å². The third kappa shape index (κ3) is 5.92. The predicted molar refractivity (Wildman–Crippen MR) is 162 cm³/mol. The molecule has 5 aromatic rings. The lowest BCUT2D eigenvalue weighted by molar-refractivity contribution is 0.343. The maximum absolute atomic E-state index is 15.7. The van der Waals surface area contributed by atoms with E-state index in [4.69, 9.17) is 9.47 Å². The molecular weight excluding hydrogens is 538 g/mol. The minimum atomic E-state index is -3.73. The zero-order valence-corrected chi connectivity index (χ0v) is 23.6. The fourth-order valence-electron chi connectivity index (χ4n) is 4.76. The largest absolute Gasteiger partial charge is 0.508 e. The normalized spacial score (nSPS) is 12.4. The summed E-state index contributed by atoms with van der Waals surface area (Å²) >= 11 is 0. The second kappa shape index (κ2) is 12.4. The average molecular weight is 569 g/mol. The van der Waals surface area contributed by atoms with Crippen LogP contribution < -0.4 is 20.1 Å². The van der Waals surface area contributed by atoms with Gasteiger partial charge in [-0.1, -0.05) is 115 Å². The van der Waals surface area contributed by atoms with Crippen LogP contribution in [0.4, 0.5) is 0 Å². The molecular formula is C33H30O5P2. The second-order valence-electron chi connectivity index (χ2n) is 9.39. The lowest BCUT2D eigenvalue weighted by Crippen LogP contribution is -2.24. The maximum atomic E-state index is 15.7. The van der Waals surface area contributed by atoms with Gasteiger partial charge in [0, 0.05) is 16.2 Å². The number of hydrogen-bond donors (Lipinski definition) is 1. The van der Waals surface area contributed by atoms with E-state index in [2.05, 4.69) is 0 Å². The molecule has 0 spiro atoms. The Hall–Kier alpha value is -4.04. The first kappa shape index (κ1) is 27.5. The second-order valence-corrected chi connectivity index (χ2v) is 15.6. The molecule has 5 nitrogen and oxygen atoms in total. The zero-order chi connectivity index (χ0) is 27.8. The van der Waals surface area contributed by atoms with Gasteiger partial charge in [-0.15, -0.1) is 0 Å². The van der Waals surface area contributed by atoms with Gasteiger partial charge in [-0.3, -0.25) is 0 Å². The minimum absolute atomic E-state index is 0.0840. The average Bonchev–Trinajstić information content (AvgIpc) is 3.02. The number of aromatic hydroxyl groups is 1. The van der Waals surface area contributed by atoms with Crippen LogP contribution in [-0.2, 0) is 9.13 Å². The molecule has 202 valence electrons. The van der Waals surface area contributed by atoms with Crippen LogP contribution in [-0.4, -0.2) is 17.8 Å². The summed E-state index contributed by atoms with van der Waals surface area (Å²) < 4.78 is 43.5. The Morgan fingerprint density at radius 1 is 0.525 bits per heavy atom. The third-order valence-electron chi connectivity index (χ3n) is 6.67. The van der Waals surface area contributed by atoms with E-state index in [0.717, 1.165) is 0 Å². The molecule has 0 aliphatic carbocycles. The third-order valence-corrected chi connectivity index (χ3v) is 14.3. The van der Waals surface area contributed by atoms with Gasteiger partial charge in [0.1, 0.15) is 35.3 Å². The molecule has 0 saturated carbocycles. The molecule has 1 N–H and O–H groups in total. The molecule has 1 atom stereocenters. The minimum Gasteiger partial charge on any atom is -0.508 e. The first-order valence-electron chi connectivity index (χ1n) is 12.9. The number of ether oxygens (including phenoxy) is 2. The number of phenols is 1. The van der Waals surface area contributed by atoms with Gasteiger partial charge in [-0.25, -0.2) is 0 Å². The van der Waals surface area contributed by atoms with E-state index in [9.17, 15) is 5.11 Å². The van der Waals surface area contributed by atoms with E-state index in [1.54, 1.807) is 66.7 Å². The van der Waals surface area contributed by atoms with Crippen LogP contribution in [0.25, 0.3) is 0 Å². The monoisotopic (exact) mass is 568 g/mol. The van der Waals surface area contributed by atoms with Crippen LogP contribution in [0.5, 0.6) is 17.2 Å². The van der Waals surface area contributed by atoms with Gasteiger partial charge in [0.25, 0.3) is 0 Å². The van der Waals surface area contributed by atoms with Crippen molar-refractivity contribution in [3.8, 4) is 17.2 Å². The highest BCUT2D eigenvalue weighted by atomic mass is 31.2. The van der Waals surface area contributed by atoms with E-state index >= 15 is 9.13 Å². The Morgan fingerprint density at radius 2 is 0.900 bits per heavy atom. The number of phenolic OH excluding ortho intramolecular Hbond substituents is 1. The van der Waals surface area contributed by atoms with Crippen LogP contribution in [0.1, 0.15) is 11.0 Å². The lowest BCUT2D eigenvalue weighted by atomic mass is 10.2. The van der Waals surface area contributed by atoms with Crippen molar-refractivity contribution in [2.24, 2.45) is 0 Å². The van der Waals surface area contributed by atoms with E-state index in [1.165, 1.54) is 6.07 Å². The van der Waals surface area contributed by atoms with Gasteiger partial charge >= 0.3 is 0 Å². The molecule has 0 amide bonds. The summed E-state index contributed by atoms with van der Waals surface area (Å²) in [4.78, 5) is 0. The first-order valence-corrected chi connectivity index (χ1v) is 16.9. The van der Waals surface area contributed by atoms with Crippen molar-refractivity contribution in [1.29, 1.82) is 0 Å². The fraction of sp³-hybridized carbons (Fsp3) is 0.0909. The van der Waals surface area contributed by atoms with Crippen molar-refractivity contribution in [1.82, 2.24) is 0 Å². The summed E-state index contributed by atoms with van der Waals surface area (Å²) in [7, 11) is -7.46. The maximum Gasteiger partial charge on any atom is 0.173 e. The topological polar surface area (TPSA) is 72.8 Å². The standard InChI is InChI=1S/C33H30O5P2/c34-32-24-14-13-23-31(32)33(40(36,29-19-9-3-10-20-29)30-21-11-4-12-22-30)39(35,25-37-27-15-5-1-6-16-27)26-38-28-17-7-2-8-18-28/h1-24,33-34H,25-26H2. The smallest absolute Gasteiger partial charge is 0.173 e. The number of rotatable bonds is 11. The fourth-order valence-corrected chi connectivity index (χ4v) is 12.9. The number of para-hydroxylation sites is 3. The predicted octanol–water partition coefficient (Wildman–Crippen LogP) is 7.84. The van der Waals surface area contributed by atoms with E-state index < -0.39 is 19.7 Å². The van der Waals surface area contributed by atoms with Crippen molar-refractivity contribution in [2.45, 2.75) is 5.40 Å². The molecule has 0 saturated heterocycles. The molecule has 5 aromatic carbocycles. The van der Waals surface area contributed by atoms with Crippen LogP contribution in [0.15, 0.2) is 146 Å². The summed E-state index contributed by atoms with van der Waals surface area (Å²) in [5, 5.41) is 11.1. The van der Waals surface area contributed by atoms with E-state index in [0.29, 0.717) is 27.7 Å². The molecule has 1 unspecified atom stereocenters. The molecule has 0 aliphatic rings. The van der Waals surface area contributed by atoms with Crippen molar-refractivity contribution in [2.75, 3.05) is 12.7 Å². The van der Waals surface area contributed by atoms with Crippen molar-refractivity contribution in [3.63, 3.8) is 0 Å². The van der Waals surface area contributed by atoms with Gasteiger partial charge < -0.3 is 23.7 Å². The molecule has 0 fully saturated rings. The first-order chi connectivity index (χ1) is 19.5. The summed E-state index contributed by atoms with van der Waals surface area (Å²) in [5.41, 5.74) is 0.329. The molecule has 0 radical (unpaired) electrons. The van der Waals surface area contributed by atoms with Crippen LogP contribution in [0.3, 0.4) is 0 Å². The van der Waals surface area contributed by atoms with Gasteiger partial charge in [0.05, 0.1) is 0 Å². The summed E-state index contributed by atoms with van der Waals surface area (Å²) in [6.45, 7) is 0. The Kier molecular flexibility index (Phi) is 8.55. The zero-order valence-electron chi connectivity index (χ0n) is 21.8. The highest BCUT2D eigenvalue weighted by Crippen LogP contribution is 2.76. The van der Waals surface area contributed by atoms with Gasteiger partial charge in [-0.05, 0) is 30.3 Å². The van der Waals surface area contributed by atoms with Crippen LogP contribution >= 0.6 is 14.3 Å². The number of hydrogen-bond acceptors (Lipinski definition) is 5. The Labute approximate surface area is 234 Å². The van der Waals surface area contributed by atoms with Gasteiger partial charge in [-0.2, -0.15) is 0 Å².